The van der Waals surface area contributed by atoms with Crippen molar-refractivity contribution in [3.05, 3.63) is 0 Å². The van der Waals surface area contributed by atoms with Gasteiger partial charge >= 0.3 is 6.18 Å². The van der Waals surface area contributed by atoms with E-state index in [1.54, 1.807) is 59.7 Å². The number of ketones is 9. The van der Waals surface area contributed by atoms with Crippen molar-refractivity contribution in [2.45, 2.75) is 196 Å². The fourth-order valence-corrected chi connectivity index (χ4v) is 6.95. The van der Waals surface area contributed by atoms with Crippen LogP contribution in [0.2, 0.25) is 0 Å². The number of hydrogen-bond acceptors (Lipinski definition) is 16. The number of sulfone groups is 2. The third-order valence-corrected chi connectivity index (χ3v) is 12.4. The molecule has 0 spiro atoms. The molecule has 2 aliphatic carbocycles. The van der Waals surface area contributed by atoms with Gasteiger partial charge in [-0.15, -0.1) is 0 Å². The predicted octanol–water partition coefficient (Wildman–Crippen LogP) is 10.7. The van der Waals surface area contributed by atoms with E-state index in [0.717, 1.165) is 44.6 Å². The van der Waals surface area contributed by atoms with Gasteiger partial charge < -0.3 is 9.53 Å². The number of carbonyl (C=O) groups is 9. The Kier molecular flexibility index (Phi) is 47.1. The van der Waals surface area contributed by atoms with Gasteiger partial charge in [-0.25, -0.2) is 16.8 Å². The number of hydrogen-bond donors (Lipinski definition) is 0. The SMILES string of the molecule is CC(=O)C1CC1.CC(=O)CC(F)(F)F.CC(=O)CS(C)(=O)=O.CC(C)(C)C(=O)CC1CC1.CC(C)(C)C(=O)CS(C)(=O)=O.CCC(C)=O.COCCC(=O)C(C)(C)C.CS(=O)CC(=O)C(C)(C)C.CSCC(=O)C(C)(C)C. The molecule has 1 atom stereocenters. The van der Waals surface area contributed by atoms with Crippen molar-refractivity contribution in [2.75, 3.05) is 61.8 Å². The summed E-state index contributed by atoms with van der Waals surface area (Å²) >= 11 is 1.59. The van der Waals surface area contributed by atoms with E-state index >= 15 is 0 Å². The van der Waals surface area contributed by atoms with Crippen molar-refractivity contribution in [2.24, 2.45) is 38.9 Å². The zero-order valence-electron chi connectivity index (χ0n) is 51.7. The first-order chi connectivity index (χ1) is 33.8. The van der Waals surface area contributed by atoms with Gasteiger partial charge in [-0.05, 0) is 65.6 Å². The summed E-state index contributed by atoms with van der Waals surface area (Å²) in [6.45, 7) is 36.0. The van der Waals surface area contributed by atoms with Crippen LogP contribution in [0.15, 0.2) is 0 Å². The van der Waals surface area contributed by atoms with Crippen LogP contribution in [0.4, 0.5) is 13.2 Å². The van der Waals surface area contributed by atoms with Gasteiger partial charge in [0.25, 0.3) is 0 Å². The summed E-state index contributed by atoms with van der Waals surface area (Å²) in [5, 5.41) is 0. The van der Waals surface area contributed by atoms with Crippen LogP contribution in [0.5, 0.6) is 0 Å². The molecule has 0 N–H and O–H groups in total. The summed E-state index contributed by atoms with van der Waals surface area (Å²) in [4.78, 5) is 95.5. The normalized spacial score (nSPS) is 13.6. The minimum atomic E-state index is -4.33. The van der Waals surface area contributed by atoms with Crippen LogP contribution in [-0.4, -0.2) is 141 Å². The number of Topliss-reactive ketones (excluding diaryl/α,β-unsaturated/α-hetero) is 9. The van der Waals surface area contributed by atoms with Crippen molar-refractivity contribution >= 4 is 94.3 Å². The molecule has 2 saturated carbocycles. The first-order valence-electron chi connectivity index (χ1n) is 25.2. The van der Waals surface area contributed by atoms with Crippen molar-refractivity contribution in [1.29, 1.82) is 0 Å². The van der Waals surface area contributed by atoms with Gasteiger partial charge in [0.2, 0.25) is 0 Å². The van der Waals surface area contributed by atoms with Crippen LogP contribution in [-0.2, 0) is 78.4 Å². The standard InChI is InChI=1S/C9H16O.C8H16O2.C7H14O3S.C7H14O2S.C7H14OS.C5H8O.C4H5F3O.C4H8O3S.C4H8O/c1-9(2,3)8(10)6-7-4-5-7;1-8(2,3)7(9)5-6-10-4;1-7(2,3)6(8)5-11(4,9)10;1-7(2,3)6(8)5-10(4)9;1-7(2,3)6(8)5-9-4;1-4(6)5-2-3-5;1-3(8)2-4(5,6)7;1-4(5)3-8(2,6)7;1-3-4(2)5/h7H,4-6H2,1-3H3;5-6H2,1-4H3;5H2,1-4H3;5H2,1-4H3;5H2,1-4H3;5H,2-3H2,1H3;2H2,1H3;3H2,1-2H3;3H2,1-2H3. The molecule has 0 amide bonds. The van der Waals surface area contributed by atoms with Crippen molar-refractivity contribution in [1.82, 2.24) is 0 Å². The summed E-state index contributed by atoms with van der Waals surface area (Å²) < 4.78 is 90.4. The number of halogens is 3. The van der Waals surface area contributed by atoms with Crippen LogP contribution in [0.3, 0.4) is 0 Å². The Balaban J connectivity index is -0.000000144. The lowest BCUT2D eigenvalue weighted by atomic mass is 9.88. The fraction of sp³-hybridized carbons (Fsp3) is 0.836. The highest BCUT2D eigenvalue weighted by atomic mass is 32.2. The lowest BCUT2D eigenvalue weighted by Crippen LogP contribution is -2.27. The Hall–Kier alpha value is -2.82. The Labute approximate surface area is 470 Å². The highest BCUT2D eigenvalue weighted by Crippen LogP contribution is 2.35. The Morgan fingerprint density at radius 3 is 1.03 bits per heavy atom. The molecule has 0 aromatic heterocycles. The van der Waals surface area contributed by atoms with Crippen LogP contribution in [0.25, 0.3) is 0 Å². The third kappa shape index (κ3) is 77.5. The van der Waals surface area contributed by atoms with Crippen molar-refractivity contribution < 1.29 is 82.1 Å². The first-order valence-corrected chi connectivity index (χ1v) is 32.4. The van der Waals surface area contributed by atoms with E-state index in [2.05, 4.69) is 0 Å². The van der Waals surface area contributed by atoms with Crippen LogP contribution >= 0.6 is 11.8 Å². The van der Waals surface area contributed by atoms with Gasteiger partial charge in [0.1, 0.15) is 58.4 Å². The number of alkyl halides is 3. The zero-order valence-corrected chi connectivity index (χ0v) is 55.0. The number of carbonyl (C=O) groups excluding carboxylic acids is 9. The minimum Gasteiger partial charge on any atom is -0.384 e. The van der Waals surface area contributed by atoms with Crippen LogP contribution in [0, 0.1) is 38.9 Å². The number of methoxy groups -OCH3 is 1. The summed E-state index contributed by atoms with van der Waals surface area (Å²) in [7, 11) is -5.61. The summed E-state index contributed by atoms with van der Waals surface area (Å²) in [6, 6.07) is 0. The maximum atomic E-state index is 11.3. The molecule has 77 heavy (non-hydrogen) atoms. The molecule has 0 saturated heterocycles. The lowest BCUT2D eigenvalue weighted by Gasteiger charge is -2.15. The Morgan fingerprint density at radius 2 is 0.909 bits per heavy atom. The van der Waals surface area contributed by atoms with E-state index in [1.807, 2.05) is 96.3 Å². The molecule has 15 nitrogen and oxygen atoms in total. The highest BCUT2D eigenvalue weighted by molar-refractivity contribution is 7.99. The van der Waals surface area contributed by atoms with E-state index in [9.17, 15) is 77.4 Å². The molecule has 0 aliphatic heterocycles. The number of rotatable bonds is 16. The molecule has 0 aromatic rings. The van der Waals surface area contributed by atoms with E-state index in [-0.39, 0.29) is 67.8 Å². The summed E-state index contributed by atoms with van der Waals surface area (Å²) in [5.41, 5.74) is -1.36. The van der Waals surface area contributed by atoms with Crippen molar-refractivity contribution in [3.63, 3.8) is 0 Å². The summed E-state index contributed by atoms with van der Waals surface area (Å²) in [5.74, 6) is 1.64. The molecular weight excluding hydrogens is 1090 g/mol. The number of ether oxygens (including phenoxy) is 1. The van der Waals surface area contributed by atoms with E-state index in [4.69, 9.17) is 4.74 Å². The average Bonchev–Trinajstić information content (AvgIpc) is 4.10. The molecule has 2 fully saturated rings. The van der Waals surface area contributed by atoms with Gasteiger partial charge in [0.15, 0.2) is 31.2 Å². The molecule has 458 valence electrons. The highest BCUT2D eigenvalue weighted by Gasteiger charge is 2.31. The Morgan fingerprint density at radius 1 is 0.558 bits per heavy atom. The largest absolute Gasteiger partial charge is 0.395 e. The average molecular weight is 1190 g/mol. The second kappa shape index (κ2) is 41.2. The van der Waals surface area contributed by atoms with Gasteiger partial charge in [0.05, 0.1) is 18.1 Å². The monoisotopic (exact) mass is 1190 g/mol. The number of thioether (sulfide) groups is 1. The third-order valence-electron chi connectivity index (χ3n) is 9.45. The van der Waals surface area contributed by atoms with Gasteiger partial charge in [0, 0.05) is 88.9 Å². The first kappa shape index (κ1) is 88.0. The van der Waals surface area contributed by atoms with Gasteiger partial charge in [-0.3, -0.25) is 42.6 Å². The van der Waals surface area contributed by atoms with E-state index in [1.165, 1.54) is 19.8 Å². The summed E-state index contributed by atoms with van der Waals surface area (Å²) in [6.07, 6.45) is 6.83. The maximum absolute atomic E-state index is 11.3. The fourth-order valence-electron chi connectivity index (χ4n) is 3.80. The smallest absolute Gasteiger partial charge is 0.384 e. The van der Waals surface area contributed by atoms with Gasteiger partial charge in [-0.2, -0.15) is 24.9 Å². The van der Waals surface area contributed by atoms with Crippen molar-refractivity contribution in [3.8, 4) is 0 Å². The second-order valence-corrected chi connectivity index (χ2v) is 30.8. The minimum absolute atomic E-state index is 0.0633. The van der Waals surface area contributed by atoms with Crippen LogP contribution < -0.4 is 0 Å². The molecule has 0 bridgehead atoms. The Bertz CT molecular complexity index is 2050. The topological polar surface area (TPSA) is 248 Å². The molecule has 0 aromatic carbocycles. The zero-order chi connectivity index (χ0) is 63.5. The molecule has 0 radical (unpaired) electrons. The molecule has 0 heterocycles. The van der Waals surface area contributed by atoms with Crippen LogP contribution in [0.1, 0.15) is 190 Å². The maximum Gasteiger partial charge on any atom is 0.395 e. The van der Waals surface area contributed by atoms with Gasteiger partial charge in [-0.1, -0.05) is 111 Å². The van der Waals surface area contributed by atoms with E-state index in [0.29, 0.717) is 48.5 Å². The molecule has 1 unspecified atom stereocenters. The quantitative estimate of drug-likeness (QED) is 0.139. The predicted molar refractivity (Wildman–Crippen MR) is 309 cm³/mol. The molecular formula is C55H103F3O15S4. The lowest BCUT2D eigenvalue weighted by molar-refractivity contribution is -0.151. The molecule has 22 heteroatoms. The molecule has 2 rings (SSSR count). The van der Waals surface area contributed by atoms with E-state index < -0.39 is 54.3 Å². The molecule has 2 aliphatic rings. The second-order valence-electron chi connectivity index (χ2n) is 24.2.